The Bertz CT molecular complexity index is 785. The summed E-state index contributed by atoms with van der Waals surface area (Å²) in [7, 11) is -2.46. The fraction of sp³-hybridized carbons (Fsp3) is 0.200. The van der Waals surface area contributed by atoms with E-state index in [0.717, 1.165) is 6.07 Å². The molecule has 0 aliphatic heterocycles. The molecule has 0 spiro atoms. The molecule has 0 aliphatic carbocycles. The smallest absolute Gasteiger partial charge is 0.312 e. The van der Waals surface area contributed by atoms with Crippen molar-refractivity contribution in [3.05, 3.63) is 40.5 Å². The largest absolute Gasteiger partial charge is 0.393 e. The molecule has 1 aromatic carbocycles. The highest BCUT2D eigenvalue weighted by atomic mass is 32.2. The van der Waals surface area contributed by atoms with Gasteiger partial charge in [0, 0.05) is 7.05 Å². The van der Waals surface area contributed by atoms with Crippen LogP contribution in [0.25, 0.3) is 0 Å². The highest BCUT2D eigenvalue weighted by molar-refractivity contribution is 7.89. The van der Waals surface area contributed by atoms with Crippen LogP contribution in [0.3, 0.4) is 0 Å². The van der Waals surface area contributed by atoms with Crippen LogP contribution in [0.1, 0.15) is 5.82 Å². The molecule has 0 unspecified atom stereocenters. The molecule has 0 saturated heterocycles. The van der Waals surface area contributed by atoms with Gasteiger partial charge in [-0.25, -0.2) is 13.1 Å². The Labute approximate surface area is 119 Å². The predicted molar refractivity (Wildman–Crippen MR) is 72.5 cm³/mol. The predicted octanol–water partition coefficient (Wildman–Crippen LogP) is -0.216. The number of aromatic nitrogens is 3. The number of sulfonamides is 1. The summed E-state index contributed by atoms with van der Waals surface area (Å²) in [5.41, 5.74) is 4.60. The molecule has 0 radical (unpaired) electrons. The summed E-state index contributed by atoms with van der Waals surface area (Å²) in [4.78, 5) is 9.66. The third-order valence-corrected chi connectivity index (χ3v) is 4.16. The monoisotopic (exact) mass is 312 g/mol. The van der Waals surface area contributed by atoms with Crippen molar-refractivity contribution in [1.29, 1.82) is 0 Å². The standard InChI is InChI=1S/C10H12N6O4S/c1-15-6-12-14-9(15)5-13-21(19,20)8-4-2-3-7(11)10(8)16(17)18/h2-4,6,13H,5,11H2,1H3. The lowest BCUT2D eigenvalue weighted by Gasteiger charge is -2.08. The van der Waals surface area contributed by atoms with Gasteiger partial charge in [0.15, 0.2) is 4.90 Å². The van der Waals surface area contributed by atoms with Gasteiger partial charge in [-0.15, -0.1) is 10.2 Å². The zero-order valence-corrected chi connectivity index (χ0v) is 11.7. The molecule has 0 bridgehead atoms. The molecule has 3 N–H and O–H groups in total. The second-order valence-electron chi connectivity index (χ2n) is 4.13. The summed E-state index contributed by atoms with van der Waals surface area (Å²) < 4.78 is 28.1. The third kappa shape index (κ3) is 2.98. The lowest BCUT2D eigenvalue weighted by atomic mass is 10.3. The number of nitro groups is 1. The minimum atomic E-state index is -4.10. The van der Waals surface area contributed by atoms with E-state index in [2.05, 4.69) is 14.9 Å². The molecule has 0 atom stereocenters. The Morgan fingerprint density at radius 3 is 2.76 bits per heavy atom. The van der Waals surface area contributed by atoms with Gasteiger partial charge in [-0.05, 0) is 12.1 Å². The van der Waals surface area contributed by atoms with Crippen LogP contribution in [0.4, 0.5) is 11.4 Å². The number of nitro benzene ring substituents is 1. The van der Waals surface area contributed by atoms with Gasteiger partial charge in [-0.3, -0.25) is 10.1 Å². The van der Waals surface area contributed by atoms with Crippen LogP contribution >= 0.6 is 0 Å². The summed E-state index contributed by atoms with van der Waals surface area (Å²) >= 11 is 0. The first-order valence-electron chi connectivity index (χ1n) is 5.68. The molecule has 11 heteroatoms. The van der Waals surface area contributed by atoms with Crippen molar-refractivity contribution in [3.63, 3.8) is 0 Å². The maximum Gasteiger partial charge on any atom is 0.312 e. The highest BCUT2D eigenvalue weighted by Crippen LogP contribution is 2.29. The summed E-state index contributed by atoms with van der Waals surface area (Å²) in [6.45, 7) is -0.148. The number of nitrogens with one attached hydrogen (secondary N) is 1. The van der Waals surface area contributed by atoms with Gasteiger partial charge in [0.2, 0.25) is 10.0 Å². The lowest BCUT2D eigenvalue weighted by molar-refractivity contribution is -0.386. The zero-order chi connectivity index (χ0) is 15.6. The quantitative estimate of drug-likeness (QED) is 0.441. The van der Waals surface area contributed by atoms with Crippen molar-refractivity contribution in [3.8, 4) is 0 Å². The molecule has 21 heavy (non-hydrogen) atoms. The van der Waals surface area contributed by atoms with Crippen LogP contribution in [0.15, 0.2) is 29.4 Å². The number of para-hydroxylation sites is 1. The van der Waals surface area contributed by atoms with Crippen molar-refractivity contribution in [2.24, 2.45) is 7.05 Å². The van der Waals surface area contributed by atoms with Gasteiger partial charge in [0.1, 0.15) is 17.8 Å². The molecule has 2 rings (SSSR count). The van der Waals surface area contributed by atoms with E-state index in [9.17, 15) is 18.5 Å². The fourth-order valence-corrected chi connectivity index (χ4v) is 2.84. The van der Waals surface area contributed by atoms with E-state index in [1.54, 1.807) is 7.05 Å². The van der Waals surface area contributed by atoms with Gasteiger partial charge in [0.25, 0.3) is 0 Å². The molecule has 0 fully saturated rings. The van der Waals surface area contributed by atoms with Gasteiger partial charge in [0.05, 0.1) is 11.5 Å². The van der Waals surface area contributed by atoms with E-state index in [1.807, 2.05) is 0 Å². The molecular formula is C10H12N6O4S. The van der Waals surface area contributed by atoms with Gasteiger partial charge in [-0.1, -0.05) is 6.07 Å². The average molecular weight is 312 g/mol. The number of nitrogens with two attached hydrogens (primary N) is 1. The van der Waals surface area contributed by atoms with E-state index in [1.165, 1.54) is 23.0 Å². The molecule has 2 aromatic rings. The second kappa shape index (κ2) is 5.46. The molecule has 112 valence electrons. The van der Waals surface area contributed by atoms with Crippen molar-refractivity contribution < 1.29 is 13.3 Å². The minimum Gasteiger partial charge on any atom is -0.393 e. The average Bonchev–Trinajstić information content (AvgIpc) is 2.81. The Balaban J connectivity index is 2.34. The number of hydrogen-bond donors (Lipinski definition) is 2. The van der Waals surface area contributed by atoms with Crippen LogP contribution in [0, 0.1) is 10.1 Å². The Morgan fingerprint density at radius 2 is 2.19 bits per heavy atom. The SMILES string of the molecule is Cn1cnnc1CNS(=O)(=O)c1cccc(N)c1[N+](=O)[O-]. The maximum absolute atomic E-state index is 12.2. The van der Waals surface area contributed by atoms with Crippen molar-refractivity contribution in [2.75, 3.05) is 5.73 Å². The van der Waals surface area contributed by atoms with Crippen LogP contribution in [0.2, 0.25) is 0 Å². The number of anilines is 1. The van der Waals surface area contributed by atoms with Gasteiger partial charge < -0.3 is 10.3 Å². The number of aryl methyl sites for hydroxylation is 1. The normalized spacial score (nSPS) is 11.5. The van der Waals surface area contributed by atoms with Crippen molar-refractivity contribution in [2.45, 2.75) is 11.4 Å². The first kappa shape index (κ1) is 14.9. The molecule has 1 heterocycles. The Hall–Kier alpha value is -2.53. The molecular weight excluding hydrogens is 300 g/mol. The van der Waals surface area contributed by atoms with E-state index in [-0.39, 0.29) is 12.2 Å². The topological polar surface area (TPSA) is 146 Å². The molecule has 0 saturated carbocycles. The third-order valence-electron chi connectivity index (χ3n) is 2.73. The summed E-state index contributed by atoms with van der Waals surface area (Å²) in [6.07, 6.45) is 1.41. The number of nitrogens with zero attached hydrogens (tertiary/aromatic N) is 4. The number of benzene rings is 1. The first-order chi connectivity index (χ1) is 9.83. The van der Waals surface area contributed by atoms with Crippen LogP contribution in [-0.4, -0.2) is 28.1 Å². The van der Waals surface area contributed by atoms with Crippen molar-refractivity contribution >= 4 is 21.4 Å². The summed E-state index contributed by atoms with van der Waals surface area (Å²) in [5.74, 6) is 0.366. The highest BCUT2D eigenvalue weighted by Gasteiger charge is 2.28. The summed E-state index contributed by atoms with van der Waals surface area (Å²) in [5, 5.41) is 18.3. The fourth-order valence-electron chi connectivity index (χ4n) is 1.66. The summed E-state index contributed by atoms with van der Waals surface area (Å²) in [6, 6.07) is 3.71. The van der Waals surface area contributed by atoms with E-state index >= 15 is 0 Å². The molecule has 10 nitrogen and oxygen atoms in total. The van der Waals surface area contributed by atoms with E-state index in [4.69, 9.17) is 5.73 Å². The van der Waals surface area contributed by atoms with Gasteiger partial charge in [-0.2, -0.15) is 0 Å². The second-order valence-corrected chi connectivity index (χ2v) is 5.87. The van der Waals surface area contributed by atoms with Crippen LogP contribution < -0.4 is 10.5 Å². The van der Waals surface area contributed by atoms with Crippen LogP contribution in [0.5, 0.6) is 0 Å². The Kier molecular flexibility index (Phi) is 3.86. The number of rotatable bonds is 5. The maximum atomic E-state index is 12.2. The number of hydrogen-bond acceptors (Lipinski definition) is 7. The zero-order valence-electron chi connectivity index (χ0n) is 10.9. The molecule has 0 aliphatic rings. The van der Waals surface area contributed by atoms with E-state index < -0.39 is 25.5 Å². The van der Waals surface area contributed by atoms with E-state index in [0.29, 0.717) is 5.82 Å². The molecule has 1 aromatic heterocycles. The van der Waals surface area contributed by atoms with Crippen molar-refractivity contribution in [1.82, 2.24) is 19.5 Å². The first-order valence-corrected chi connectivity index (χ1v) is 7.16. The minimum absolute atomic E-state index is 0.148. The number of nitrogen functional groups attached to an aromatic ring is 1. The molecule has 0 amide bonds. The van der Waals surface area contributed by atoms with Crippen LogP contribution in [-0.2, 0) is 23.6 Å². The Morgan fingerprint density at radius 1 is 1.48 bits per heavy atom. The lowest BCUT2D eigenvalue weighted by Crippen LogP contribution is -2.25. The van der Waals surface area contributed by atoms with Gasteiger partial charge >= 0.3 is 5.69 Å².